The predicted octanol–water partition coefficient (Wildman–Crippen LogP) is 3.68. The van der Waals surface area contributed by atoms with Gasteiger partial charge in [0, 0.05) is 23.6 Å². The summed E-state index contributed by atoms with van der Waals surface area (Å²) in [7, 11) is 0.984. The van der Waals surface area contributed by atoms with Crippen molar-refractivity contribution in [2.75, 3.05) is 12.4 Å². The molecule has 0 unspecified atom stereocenters. The molecule has 3 rings (SSSR count). The number of carbonyl (C=O) groups is 2. The Hall–Kier alpha value is -3.35. The van der Waals surface area contributed by atoms with Crippen LogP contribution in [0.1, 0.15) is 35.8 Å². The molecule has 0 radical (unpaired) electrons. The molecule has 2 aromatic rings. The zero-order valence-electron chi connectivity index (χ0n) is 18.0. The van der Waals surface area contributed by atoms with Crippen molar-refractivity contribution in [2.45, 2.75) is 37.6 Å². The van der Waals surface area contributed by atoms with Crippen molar-refractivity contribution in [2.24, 2.45) is 11.7 Å². The number of anilines is 1. The van der Waals surface area contributed by atoms with Gasteiger partial charge in [-0.1, -0.05) is 13.0 Å². The van der Waals surface area contributed by atoms with Crippen molar-refractivity contribution >= 4 is 17.5 Å². The molecule has 0 saturated carbocycles. The molecule has 1 saturated heterocycles. The van der Waals surface area contributed by atoms with Crippen molar-refractivity contribution in [3.05, 3.63) is 53.1 Å². The summed E-state index contributed by atoms with van der Waals surface area (Å²) in [4.78, 5) is 27.8. The number of ether oxygens (including phenoxy) is 2. The monoisotopic (exact) mass is 491 g/mol. The maximum atomic E-state index is 14.5. The van der Waals surface area contributed by atoms with Gasteiger partial charge in [-0.05, 0) is 19.1 Å². The summed E-state index contributed by atoms with van der Waals surface area (Å²) in [5, 5.41) is 2.06. The average molecular weight is 491 g/mol. The van der Waals surface area contributed by atoms with E-state index in [1.54, 1.807) is 0 Å². The number of nitrogens with zero attached hydrogens (tertiary/aromatic N) is 1. The third kappa shape index (κ3) is 4.04. The lowest BCUT2D eigenvalue weighted by Gasteiger charge is -2.32. The predicted molar refractivity (Wildman–Crippen MR) is 105 cm³/mol. The number of hydrogen-bond acceptors (Lipinski definition) is 5. The lowest BCUT2D eigenvalue weighted by molar-refractivity contribution is -0.272. The van der Waals surface area contributed by atoms with Gasteiger partial charge in [-0.25, -0.2) is 13.8 Å². The van der Waals surface area contributed by atoms with E-state index >= 15 is 0 Å². The quantitative estimate of drug-likeness (QED) is 0.622. The molecular weight excluding hydrogens is 472 g/mol. The van der Waals surface area contributed by atoms with E-state index in [1.165, 1.54) is 0 Å². The highest BCUT2D eigenvalue weighted by Gasteiger charge is 2.66. The number of rotatable bonds is 5. The van der Waals surface area contributed by atoms with Gasteiger partial charge in [-0.2, -0.15) is 17.6 Å². The minimum absolute atomic E-state index is 0.255. The molecule has 0 spiro atoms. The van der Waals surface area contributed by atoms with E-state index in [0.29, 0.717) is 13.0 Å². The number of primary amides is 1. The largest absolute Gasteiger partial charge is 0.493 e. The first-order valence-electron chi connectivity index (χ1n) is 9.76. The van der Waals surface area contributed by atoms with E-state index in [9.17, 15) is 35.9 Å². The molecule has 1 aliphatic rings. The number of carbonyl (C=O) groups excluding carboxylic acids is 2. The van der Waals surface area contributed by atoms with Crippen LogP contribution < -0.4 is 15.8 Å². The third-order valence-corrected chi connectivity index (χ3v) is 5.95. The molecule has 2 heterocycles. The van der Waals surface area contributed by atoms with Gasteiger partial charge in [-0.15, -0.1) is 0 Å². The van der Waals surface area contributed by atoms with Gasteiger partial charge in [0.25, 0.3) is 11.8 Å². The van der Waals surface area contributed by atoms with E-state index in [2.05, 4.69) is 10.3 Å². The Morgan fingerprint density at radius 2 is 1.82 bits per heavy atom. The fourth-order valence-electron chi connectivity index (χ4n) is 3.96. The lowest BCUT2D eigenvalue weighted by Crippen LogP contribution is -2.47. The van der Waals surface area contributed by atoms with Gasteiger partial charge in [0.15, 0.2) is 28.7 Å². The van der Waals surface area contributed by atoms with Crippen LogP contribution in [0.5, 0.6) is 5.75 Å². The smallest absolute Gasteiger partial charge is 0.417 e. The van der Waals surface area contributed by atoms with Crippen LogP contribution in [-0.4, -0.2) is 41.8 Å². The van der Waals surface area contributed by atoms with Gasteiger partial charge >= 0.3 is 6.18 Å². The number of halogens is 6. The summed E-state index contributed by atoms with van der Waals surface area (Å²) >= 11 is 0. The number of pyridine rings is 1. The molecule has 13 heteroatoms. The molecule has 1 aromatic heterocycles. The van der Waals surface area contributed by atoms with E-state index in [4.69, 9.17) is 15.2 Å². The number of nitrogens with two attached hydrogens (primary N) is 1. The maximum Gasteiger partial charge on any atom is 0.417 e. The first kappa shape index (κ1) is 25.3. The Balaban J connectivity index is 2.11. The minimum Gasteiger partial charge on any atom is -0.493 e. The molecule has 7 nitrogen and oxygen atoms in total. The molecule has 34 heavy (non-hydrogen) atoms. The van der Waals surface area contributed by atoms with E-state index in [0.717, 1.165) is 32.4 Å². The molecule has 0 aliphatic carbocycles. The Morgan fingerprint density at radius 1 is 1.18 bits per heavy atom. The van der Waals surface area contributed by atoms with E-state index < -0.39 is 76.1 Å². The molecule has 4 atom stereocenters. The fraction of sp³-hybridized carbons (Fsp3) is 0.381. The van der Waals surface area contributed by atoms with Crippen LogP contribution >= 0.6 is 0 Å². The SMILES string of the molecule is COc1c([C@H]2[C@@H](C)[C@](C)(C(F)(F)F)O[C@H]2C(=O)Nc2ccnc(C(N)=O)c2F)ccc(F)c1F. The summed E-state index contributed by atoms with van der Waals surface area (Å²) in [6.07, 6.45) is -5.95. The van der Waals surface area contributed by atoms with Crippen LogP contribution in [0.2, 0.25) is 0 Å². The number of aromatic nitrogens is 1. The van der Waals surface area contributed by atoms with Crippen LogP contribution in [0.25, 0.3) is 0 Å². The number of benzene rings is 1. The summed E-state index contributed by atoms with van der Waals surface area (Å²) in [5.74, 6) is -10.2. The van der Waals surface area contributed by atoms with Crippen LogP contribution in [0.4, 0.5) is 32.0 Å². The summed E-state index contributed by atoms with van der Waals surface area (Å²) in [6, 6.07) is 2.62. The first-order chi connectivity index (χ1) is 15.7. The number of hydrogen-bond donors (Lipinski definition) is 2. The minimum atomic E-state index is -4.97. The second-order valence-electron chi connectivity index (χ2n) is 7.82. The van der Waals surface area contributed by atoms with Gasteiger partial charge in [-0.3, -0.25) is 9.59 Å². The average Bonchev–Trinajstić information content (AvgIpc) is 3.03. The van der Waals surface area contributed by atoms with Crippen molar-refractivity contribution in [3.8, 4) is 5.75 Å². The Labute approximate surface area is 189 Å². The zero-order valence-corrected chi connectivity index (χ0v) is 18.0. The highest BCUT2D eigenvalue weighted by atomic mass is 19.4. The molecule has 1 fully saturated rings. The summed E-state index contributed by atoms with van der Waals surface area (Å²) in [5.41, 5.74) is 0.468. The van der Waals surface area contributed by atoms with Crippen LogP contribution in [-0.2, 0) is 9.53 Å². The van der Waals surface area contributed by atoms with Crippen molar-refractivity contribution in [1.82, 2.24) is 4.98 Å². The normalized spacial score (nSPS) is 24.7. The van der Waals surface area contributed by atoms with Crippen molar-refractivity contribution in [3.63, 3.8) is 0 Å². The van der Waals surface area contributed by atoms with Crippen LogP contribution in [0.15, 0.2) is 24.4 Å². The van der Waals surface area contributed by atoms with Crippen molar-refractivity contribution < 1.29 is 45.4 Å². The maximum absolute atomic E-state index is 14.5. The molecule has 3 N–H and O–H groups in total. The highest BCUT2D eigenvalue weighted by Crippen LogP contribution is 2.55. The lowest BCUT2D eigenvalue weighted by atomic mass is 9.77. The van der Waals surface area contributed by atoms with Gasteiger partial charge in [0.1, 0.15) is 6.10 Å². The molecule has 2 amide bonds. The van der Waals surface area contributed by atoms with E-state index in [-0.39, 0.29) is 5.56 Å². The fourth-order valence-corrected chi connectivity index (χ4v) is 3.96. The molecular formula is C21H19F6N3O4. The Bertz CT molecular complexity index is 1140. The molecule has 1 aromatic carbocycles. The van der Waals surface area contributed by atoms with Crippen LogP contribution in [0.3, 0.4) is 0 Å². The zero-order chi connectivity index (χ0) is 25.6. The second-order valence-corrected chi connectivity index (χ2v) is 7.82. The Kier molecular flexibility index (Phi) is 6.53. The number of methoxy groups -OCH3 is 1. The molecule has 1 aliphatic heterocycles. The second kappa shape index (κ2) is 8.78. The van der Waals surface area contributed by atoms with Gasteiger partial charge in [0.2, 0.25) is 5.82 Å². The summed E-state index contributed by atoms with van der Waals surface area (Å²) in [6.45, 7) is 1.84. The molecule has 0 bridgehead atoms. The third-order valence-electron chi connectivity index (χ3n) is 5.95. The van der Waals surface area contributed by atoms with E-state index in [1.807, 2.05) is 0 Å². The number of nitrogens with one attached hydrogen (secondary N) is 1. The van der Waals surface area contributed by atoms with Gasteiger partial charge < -0.3 is 20.5 Å². The van der Waals surface area contributed by atoms with Gasteiger partial charge in [0.05, 0.1) is 12.8 Å². The number of alkyl halides is 3. The highest BCUT2D eigenvalue weighted by molar-refractivity contribution is 5.97. The Morgan fingerprint density at radius 3 is 2.38 bits per heavy atom. The number of amides is 2. The standard InChI is InChI=1S/C21H19F6N3O4/c1-8-12(9-4-5-10(22)13(23)16(9)33-3)17(34-20(8,2)21(25,26)27)19(32)30-11-6-7-29-15(14(11)24)18(28)31/h4-8,12,17H,1-3H3,(H2,28,31)(H,29,30,32)/t8-,12-,17-,20-/m1/s1. The van der Waals surface area contributed by atoms with Crippen LogP contribution in [0, 0.1) is 23.4 Å². The topological polar surface area (TPSA) is 104 Å². The van der Waals surface area contributed by atoms with Crippen molar-refractivity contribution in [1.29, 1.82) is 0 Å². The summed E-state index contributed by atoms with van der Waals surface area (Å²) < 4.78 is 94.5. The molecule has 184 valence electrons. The first-order valence-corrected chi connectivity index (χ1v) is 9.76.